The lowest BCUT2D eigenvalue weighted by atomic mass is 10.2. The van der Waals surface area contributed by atoms with Gasteiger partial charge in [-0.1, -0.05) is 53.7 Å². The minimum Gasteiger partial charge on any atom is -0.472 e. The first-order valence-corrected chi connectivity index (χ1v) is 10.3. The van der Waals surface area contributed by atoms with Gasteiger partial charge in [-0.25, -0.2) is 4.98 Å². The van der Waals surface area contributed by atoms with E-state index in [9.17, 15) is 8.42 Å². The molecule has 7 nitrogen and oxygen atoms in total. The van der Waals surface area contributed by atoms with E-state index < -0.39 is 10.1 Å². The molecule has 4 rings (SSSR count). The van der Waals surface area contributed by atoms with Gasteiger partial charge in [0.2, 0.25) is 5.88 Å². The highest BCUT2D eigenvalue weighted by molar-refractivity contribution is 7.86. The van der Waals surface area contributed by atoms with Crippen LogP contribution in [-0.2, 0) is 27.5 Å². The molecule has 2 aromatic carbocycles. The average molecular weight is 410 g/mol. The number of ether oxygens (including phenoxy) is 1. The Hall–Kier alpha value is -3.23. The Morgan fingerprint density at radius 2 is 1.66 bits per heavy atom. The quantitative estimate of drug-likeness (QED) is 0.425. The van der Waals surface area contributed by atoms with Crippen LogP contribution in [0.2, 0.25) is 0 Å². The maximum atomic E-state index is 12.5. The van der Waals surface area contributed by atoms with Crippen molar-refractivity contribution in [2.24, 2.45) is 0 Å². The van der Waals surface area contributed by atoms with Crippen molar-refractivity contribution >= 4 is 21.1 Å². The summed E-state index contributed by atoms with van der Waals surface area (Å²) in [5.41, 5.74) is 2.40. The van der Waals surface area contributed by atoms with Crippen LogP contribution in [0.4, 0.5) is 0 Å². The van der Waals surface area contributed by atoms with E-state index in [0.29, 0.717) is 22.2 Å². The molecule has 0 radical (unpaired) electrons. The first-order chi connectivity index (χ1) is 14.0. The van der Waals surface area contributed by atoms with Gasteiger partial charge in [0.15, 0.2) is 5.58 Å². The van der Waals surface area contributed by atoms with Crippen molar-refractivity contribution in [1.82, 2.24) is 10.1 Å². The number of hydrogen-bond acceptors (Lipinski definition) is 7. The van der Waals surface area contributed by atoms with Crippen LogP contribution < -0.4 is 4.74 Å². The molecule has 0 aliphatic carbocycles. The van der Waals surface area contributed by atoms with Gasteiger partial charge in [0, 0.05) is 0 Å². The second-order valence-electron chi connectivity index (χ2n) is 6.35. The maximum Gasteiger partial charge on any atom is 0.297 e. The Morgan fingerprint density at radius 3 is 2.38 bits per heavy atom. The SMILES string of the molecule is Cc1nc(OCc2ccccc2)c(COS(=O)(=O)c2ccccc2)c2oncc12. The van der Waals surface area contributed by atoms with Crippen LogP contribution in [0.3, 0.4) is 0 Å². The highest BCUT2D eigenvalue weighted by Crippen LogP contribution is 2.30. The lowest BCUT2D eigenvalue weighted by Gasteiger charge is -2.12. The molecule has 2 aromatic heterocycles. The fourth-order valence-corrected chi connectivity index (χ4v) is 3.76. The Balaban J connectivity index is 1.65. The smallest absolute Gasteiger partial charge is 0.297 e. The Bertz CT molecular complexity index is 1220. The van der Waals surface area contributed by atoms with Crippen molar-refractivity contribution < 1.29 is 21.9 Å². The predicted molar refractivity (Wildman–Crippen MR) is 106 cm³/mol. The minimum atomic E-state index is -3.95. The molecule has 0 spiro atoms. The molecule has 0 bridgehead atoms. The van der Waals surface area contributed by atoms with E-state index in [1.54, 1.807) is 25.1 Å². The predicted octanol–water partition coefficient (Wildman–Crippen LogP) is 4.02. The van der Waals surface area contributed by atoms with Crippen LogP contribution in [0.15, 0.2) is 76.3 Å². The average Bonchev–Trinajstić information content (AvgIpc) is 3.24. The molecule has 29 heavy (non-hydrogen) atoms. The van der Waals surface area contributed by atoms with E-state index in [2.05, 4.69) is 10.1 Å². The van der Waals surface area contributed by atoms with Gasteiger partial charge in [0.25, 0.3) is 10.1 Å². The Kier molecular flexibility index (Phi) is 5.28. The highest BCUT2D eigenvalue weighted by Gasteiger charge is 2.22. The van der Waals surface area contributed by atoms with Crippen molar-refractivity contribution in [3.05, 3.63) is 83.7 Å². The van der Waals surface area contributed by atoms with Crippen molar-refractivity contribution in [2.45, 2.75) is 25.0 Å². The van der Waals surface area contributed by atoms with Gasteiger partial charge in [-0.15, -0.1) is 0 Å². The topological polar surface area (TPSA) is 91.5 Å². The molecule has 0 saturated heterocycles. The summed E-state index contributed by atoms with van der Waals surface area (Å²) in [6.45, 7) is 1.78. The Labute approximate surface area is 168 Å². The zero-order chi connectivity index (χ0) is 20.3. The third kappa shape index (κ3) is 4.13. The third-order valence-corrected chi connectivity index (χ3v) is 5.65. The van der Waals surface area contributed by atoms with Gasteiger partial charge in [-0.2, -0.15) is 8.42 Å². The molecular weight excluding hydrogens is 392 g/mol. The van der Waals surface area contributed by atoms with Crippen LogP contribution in [0, 0.1) is 6.92 Å². The molecule has 0 aliphatic rings. The molecule has 2 heterocycles. The van der Waals surface area contributed by atoms with E-state index >= 15 is 0 Å². The van der Waals surface area contributed by atoms with Crippen LogP contribution >= 0.6 is 0 Å². The van der Waals surface area contributed by atoms with Gasteiger partial charge < -0.3 is 9.26 Å². The zero-order valence-corrected chi connectivity index (χ0v) is 16.4. The zero-order valence-electron chi connectivity index (χ0n) is 15.6. The summed E-state index contributed by atoms with van der Waals surface area (Å²) in [6, 6.07) is 17.5. The number of fused-ring (bicyclic) bond motifs is 1. The number of benzene rings is 2. The highest BCUT2D eigenvalue weighted by atomic mass is 32.2. The summed E-state index contributed by atoms with van der Waals surface area (Å²) in [6.07, 6.45) is 1.54. The summed E-state index contributed by atoms with van der Waals surface area (Å²) in [7, 11) is -3.95. The molecule has 8 heteroatoms. The van der Waals surface area contributed by atoms with Gasteiger partial charge in [0.05, 0.1) is 27.7 Å². The van der Waals surface area contributed by atoms with E-state index in [1.165, 1.54) is 18.3 Å². The monoisotopic (exact) mass is 410 g/mol. The summed E-state index contributed by atoms with van der Waals surface area (Å²) in [5.74, 6) is 0.249. The molecule has 0 unspecified atom stereocenters. The number of aromatic nitrogens is 2. The van der Waals surface area contributed by atoms with Crippen LogP contribution in [0.1, 0.15) is 16.8 Å². The van der Waals surface area contributed by atoms with Crippen molar-refractivity contribution in [3.63, 3.8) is 0 Å². The van der Waals surface area contributed by atoms with Crippen molar-refractivity contribution in [3.8, 4) is 5.88 Å². The molecular formula is C21H18N2O5S. The number of pyridine rings is 1. The van der Waals surface area contributed by atoms with Crippen LogP contribution in [-0.4, -0.2) is 18.6 Å². The molecule has 0 fully saturated rings. The molecule has 0 aliphatic heterocycles. The van der Waals surface area contributed by atoms with Gasteiger partial charge in [0.1, 0.15) is 13.2 Å². The van der Waals surface area contributed by atoms with Crippen molar-refractivity contribution in [2.75, 3.05) is 0 Å². The normalized spacial score (nSPS) is 11.6. The summed E-state index contributed by atoms with van der Waals surface area (Å²) in [4.78, 5) is 4.53. The standard InChI is InChI=1S/C21H18N2O5S/c1-15-18-12-22-28-20(18)19(14-27-29(24,25)17-10-6-3-7-11-17)21(23-15)26-13-16-8-4-2-5-9-16/h2-12H,13-14H2,1H3. The fourth-order valence-electron chi connectivity index (χ4n) is 2.86. The van der Waals surface area contributed by atoms with Crippen LogP contribution in [0.5, 0.6) is 5.88 Å². The first-order valence-electron chi connectivity index (χ1n) is 8.89. The molecule has 0 N–H and O–H groups in total. The Morgan fingerprint density at radius 1 is 0.966 bits per heavy atom. The number of aryl methyl sites for hydroxylation is 1. The molecule has 0 amide bonds. The number of nitrogens with zero attached hydrogens (tertiary/aromatic N) is 2. The lowest BCUT2D eigenvalue weighted by molar-refractivity contribution is 0.266. The lowest BCUT2D eigenvalue weighted by Crippen LogP contribution is -2.09. The largest absolute Gasteiger partial charge is 0.472 e. The summed E-state index contributed by atoms with van der Waals surface area (Å²) in [5, 5.41) is 4.48. The molecule has 4 aromatic rings. The fraction of sp³-hybridized carbons (Fsp3) is 0.143. The third-order valence-electron chi connectivity index (χ3n) is 4.37. The second kappa shape index (κ2) is 8.02. The van der Waals surface area contributed by atoms with Crippen molar-refractivity contribution in [1.29, 1.82) is 0 Å². The van der Waals surface area contributed by atoms with Gasteiger partial charge in [-0.05, 0) is 24.6 Å². The van der Waals surface area contributed by atoms with E-state index in [-0.39, 0.29) is 24.0 Å². The van der Waals surface area contributed by atoms with Crippen LogP contribution in [0.25, 0.3) is 11.0 Å². The first kappa shape index (κ1) is 19.1. The van der Waals surface area contributed by atoms with E-state index in [1.807, 2.05) is 30.3 Å². The van der Waals surface area contributed by atoms with E-state index in [4.69, 9.17) is 13.4 Å². The van der Waals surface area contributed by atoms with Gasteiger partial charge in [-0.3, -0.25) is 4.18 Å². The summed E-state index contributed by atoms with van der Waals surface area (Å²) < 4.78 is 41.5. The maximum absolute atomic E-state index is 12.5. The van der Waals surface area contributed by atoms with Gasteiger partial charge >= 0.3 is 0 Å². The minimum absolute atomic E-state index is 0.0700. The van der Waals surface area contributed by atoms with E-state index in [0.717, 1.165) is 5.56 Å². The number of rotatable bonds is 7. The number of hydrogen-bond donors (Lipinski definition) is 0. The second-order valence-corrected chi connectivity index (χ2v) is 7.97. The summed E-state index contributed by atoms with van der Waals surface area (Å²) >= 11 is 0. The molecule has 148 valence electrons. The molecule has 0 saturated carbocycles. The molecule has 0 atom stereocenters.